The van der Waals surface area contributed by atoms with Crippen molar-refractivity contribution < 1.29 is 13.5 Å². The van der Waals surface area contributed by atoms with Gasteiger partial charge in [0.1, 0.15) is 12.4 Å². The fraction of sp³-hybridized carbons (Fsp3) is 0.0769. The van der Waals surface area contributed by atoms with Crippen LogP contribution in [0.1, 0.15) is 5.56 Å². The Kier molecular flexibility index (Phi) is 4.82. The summed E-state index contributed by atoms with van der Waals surface area (Å²) in [5, 5.41) is 1.11. The molecule has 0 saturated carbocycles. The summed E-state index contributed by atoms with van der Waals surface area (Å²) < 4.78 is 25.2. The van der Waals surface area contributed by atoms with E-state index in [4.69, 9.17) is 32.5 Å². The normalized spacial score (nSPS) is 12.2. The lowest BCUT2D eigenvalue weighted by Crippen LogP contribution is -1.96. The molecule has 0 heterocycles. The van der Waals surface area contributed by atoms with E-state index in [-0.39, 0.29) is 0 Å². The summed E-state index contributed by atoms with van der Waals surface area (Å²) in [4.78, 5) is 0.332. The molecule has 1 unspecified atom stereocenters. The van der Waals surface area contributed by atoms with Gasteiger partial charge in [0.2, 0.25) is 0 Å². The Balaban J connectivity index is 2.03. The van der Waals surface area contributed by atoms with E-state index in [9.17, 15) is 4.21 Å². The van der Waals surface area contributed by atoms with Gasteiger partial charge in [-0.25, -0.2) is 4.21 Å². The summed E-state index contributed by atoms with van der Waals surface area (Å²) in [7, 11) is 0. The number of benzene rings is 2. The highest BCUT2D eigenvalue weighted by Crippen LogP contribution is 2.21. The zero-order valence-electron chi connectivity index (χ0n) is 9.68. The zero-order chi connectivity index (χ0) is 13.8. The van der Waals surface area contributed by atoms with Gasteiger partial charge in [0.25, 0.3) is 0 Å². The van der Waals surface area contributed by atoms with Gasteiger partial charge in [0, 0.05) is 10.0 Å². The van der Waals surface area contributed by atoms with Crippen LogP contribution in [0.3, 0.4) is 0 Å². The van der Waals surface area contributed by atoms with Crippen molar-refractivity contribution in [3.63, 3.8) is 0 Å². The van der Waals surface area contributed by atoms with Gasteiger partial charge in [-0.1, -0.05) is 23.2 Å². The molecule has 19 heavy (non-hydrogen) atoms. The van der Waals surface area contributed by atoms with Crippen molar-refractivity contribution in [2.75, 3.05) is 0 Å². The number of halogens is 2. The van der Waals surface area contributed by atoms with Crippen molar-refractivity contribution >= 4 is 34.3 Å². The summed E-state index contributed by atoms with van der Waals surface area (Å²) >= 11 is 9.80. The van der Waals surface area contributed by atoms with Crippen molar-refractivity contribution in [1.82, 2.24) is 0 Å². The summed E-state index contributed by atoms with van der Waals surface area (Å²) in [5.74, 6) is 0.602. The van der Waals surface area contributed by atoms with Crippen LogP contribution in [-0.4, -0.2) is 8.76 Å². The summed E-state index contributed by atoms with van der Waals surface area (Å²) in [5.41, 5.74) is 0.854. The van der Waals surface area contributed by atoms with E-state index in [0.29, 0.717) is 27.3 Å². The average molecular weight is 317 g/mol. The quantitative estimate of drug-likeness (QED) is 0.862. The summed E-state index contributed by atoms with van der Waals surface area (Å²) in [6.07, 6.45) is 0. The molecule has 1 atom stereocenters. The first kappa shape index (κ1) is 14.3. The van der Waals surface area contributed by atoms with E-state index in [1.807, 2.05) is 0 Å². The van der Waals surface area contributed by atoms with Gasteiger partial charge >= 0.3 is 0 Å². The molecule has 1 N–H and O–H groups in total. The number of hydrogen-bond donors (Lipinski definition) is 1. The zero-order valence-corrected chi connectivity index (χ0v) is 12.0. The third-order valence-corrected chi connectivity index (χ3v) is 3.47. The maximum Gasteiger partial charge on any atom is 0.186 e. The molecule has 0 bridgehead atoms. The molecule has 2 aromatic carbocycles. The van der Waals surface area contributed by atoms with Gasteiger partial charge in [-0.05, 0) is 48.0 Å². The fourth-order valence-corrected chi connectivity index (χ4v) is 2.45. The molecular formula is C13H10Cl2O3S. The predicted molar refractivity (Wildman–Crippen MR) is 76.3 cm³/mol. The predicted octanol–water partition coefficient (Wildman–Crippen LogP) is 4.15. The van der Waals surface area contributed by atoms with Crippen LogP contribution in [0.25, 0.3) is 0 Å². The molecule has 2 aromatic rings. The van der Waals surface area contributed by atoms with E-state index < -0.39 is 11.1 Å². The minimum absolute atomic E-state index is 0.321. The Labute approximate surface area is 123 Å². The average Bonchev–Trinajstić information content (AvgIpc) is 2.36. The third kappa shape index (κ3) is 4.21. The smallest absolute Gasteiger partial charge is 0.186 e. The first-order valence-electron chi connectivity index (χ1n) is 5.33. The molecule has 0 fully saturated rings. The summed E-state index contributed by atoms with van der Waals surface area (Å²) in [6.45, 7) is 0.321. The maximum atomic E-state index is 10.8. The van der Waals surface area contributed by atoms with E-state index in [1.165, 1.54) is 12.1 Å². The molecule has 0 aliphatic heterocycles. The molecule has 0 radical (unpaired) electrons. The van der Waals surface area contributed by atoms with Crippen LogP contribution in [0.15, 0.2) is 47.4 Å². The largest absolute Gasteiger partial charge is 0.489 e. The van der Waals surface area contributed by atoms with E-state index in [0.717, 1.165) is 5.56 Å². The molecule has 0 aromatic heterocycles. The van der Waals surface area contributed by atoms with Crippen LogP contribution in [0.5, 0.6) is 5.75 Å². The minimum Gasteiger partial charge on any atom is -0.489 e. The summed E-state index contributed by atoms with van der Waals surface area (Å²) in [6, 6.07) is 11.5. The van der Waals surface area contributed by atoms with E-state index in [2.05, 4.69) is 0 Å². The monoisotopic (exact) mass is 316 g/mol. The highest BCUT2D eigenvalue weighted by atomic mass is 35.5. The Morgan fingerprint density at radius 1 is 1.05 bits per heavy atom. The van der Waals surface area contributed by atoms with Crippen molar-refractivity contribution in [3.8, 4) is 5.75 Å². The van der Waals surface area contributed by atoms with Crippen LogP contribution in [-0.2, 0) is 17.7 Å². The Bertz CT molecular complexity index is 579. The van der Waals surface area contributed by atoms with Crippen LogP contribution >= 0.6 is 23.2 Å². The van der Waals surface area contributed by atoms with Crippen molar-refractivity contribution in [2.24, 2.45) is 0 Å². The van der Waals surface area contributed by atoms with Gasteiger partial charge < -0.3 is 9.29 Å². The van der Waals surface area contributed by atoms with Crippen molar-refractivity contribution in [3.05, 3.63) is 58.1 Å². The first-order valence-corrected chi connectivity index (χ1v) is 7.19. The van der Waals surface area contributed by atoms with Crippen LogP contribution in [0.4, 0.5) is 0 Å². The van der Waals surface area contributed by atoms with Gasteiger partial charge in [-0.3, -0.25) is 0 Å². The molecule has 0 spiro atoms. The van der Waals surface area contributed by atoms with Gasteiger partial charge in [0.15, 0.2) is 11.1 Å². The van der Waals surface area contributed by atoms with Crippen LogP contribution < -0.4 is 4.74 Å². The lowest BCUT2D eigenvalue weighted by Gasteiger charge is -2.07. The highest BCUT2D eigenvalue weighted by molar-refractivity contribution is 7.79. The second-order valence-corrected chi connectivity index (χ2v) is 5.63. The van der Waals surface area contributed by atoms with Crippen LogP contribution in [0, 0.1) is 0 Å². The maximum absolute atomic E-state index is 10.8. The fourth-order valence-electron chi connectivity index (χ4n) is 1.51. The molecule has 2 rings (SSSR count). The Morgan fingerprint density at radius 2 is 1.63 bits per heavy atom. The van der Waals surface area contributed by atoms with Crippen molar-refractivity contribution in [1.29, 1.82) is 0 Å². The number of rotatable bonds is 4. The van der Waals surface area contributed by atoms with Gasteiger partial charge in [0.05, 0.1) is 4.90 Å². The minimum atomic E-state index is -1.97. The second-order valence-electron chi connectivity index (χ2n) is 3.79. The van der Waals surface area contributed by atoms with Crippen molar-refractivity contribution in [2.45, 2.75) is 11.5 Å². The molecule has 0 amide bonds. The lowest BCUT2D eigenvalue weighted by atomic mass is 10.2. The van der Waals surface area contributed by atoms with Gasteiger partial charge in [-0.15, -0.1) is 0 Å². The van der Waals surface area contributed by atoms with Gasteiger partial charge in [-0.2, -0.15) is 0 Å². The second kappa shape index (κ2) is 6.39. The molecule has 3 nitrogen and oxygen atoms in total. The van der Waals surface area contributed by atoms with E-state index in [1.54, 1.807) is 30.3 Å². The standard InChI is InChI=1S/C13H10Cl2O3S/c14-10-5-9(6-11(15)7-10)8-18-12-1-3-13(4-2-12)19(16)17/h1-7H,8H2,(H,16,17). The number of hydrogen-bond acceptors (Lipinski definition) is 2. The Morgan fingerprint density at radius 3 is 2.16 bits per heavy atom. The molecule has 100 valence electrons. The first-order chi connectivity index (χ1) is 9.04. The molecule has 6 heteroatoms. The van der Waals surface area contributed by atoms with Crippen LogP contribution in [0.2, 0.25) is 10.0 Å². The highest BCUT2D eigenvalue weighted by Gasteiger charge is 2.02. The molecule has 0 aliphatic rings. The third-order valence-electron chi connectivity index (χ3n) is 2.35. The molecule has 0 saturated heterocycles. The Hall–Kier alpha value is -1.07. The topological polar surface area (TPSA) is 46.5 Å². The lowest BCUT2D eigenvalue weighted by molar-refractivity contribution is 0.306. The molecular weight excluding hydrogens is 307 g/mol. The van der Waals surface area contributed by atoms with E-state index >= 15 is 0 Å². The number of ether oxygens (including phenoxy) is 1. The molecule has 0 aliphatic carbocycles. The SMILES string of the molecule is O=S(O)c1ccc(OCc2cc(Cl)cc(Cl)c2)cc1.